The number of aromatic nitrogens is 1. The van der Waals surface area contributed by atoms with Crippen molar-refractivity contribution in [3.63, 3.8) is 0 Å². The number of hydrogen-bond donors (Lipinski definition) is 1. The van der Waals surface area contributed by atoms with Crippen molar-refractivity contribution < 1.29 is 9.18 Å². The van der Waals surface area contributed by atoms with Gasteiger partial charge in [0.1, 0.15) is 5.82 Å². The lowest BCUT2D eigenvalue weighted by Crippen LogP contribution is -2.42. The first-order chi connectivity index (χ1) is 18.7. The van der Waals surface area contributed by atoms with Crippen molar-refractivity contribution >= 4 is 16.8 Å². The number of nitrogens with one attached hydrogen (secondary N) is 1. The molecular weight excluding hydrogens is 473 g/mol. The van der Waals surface area contributed by atoms with Gasteiger partial charge in [0.05, 0.1) is 6.04 Å². The number of hydrogen-bond acceptors (Lipinski definition) is 2. The summed E-state index contributed by atoms with van der Waals surface area (Å²) in [6, 6.07) is 24.1. The largest absolute Gasteiger partial charge is 0.361 e. The van der Waals surface area contributed by atoms with E-state index in [1.807, 2.05) is 24.3 Å². The van der Waals surface area contributed by atoms with Crippen molar-refractivity contribution in [3.05, 3.63) is 107 Å². The molecule has 4 nitrogen and oxygen atoms in total. The fourth-order valence-corrected chi connectivity index (χ4v) is 6.53. The van der Waals surface area contributed by atoms with Crippen molar-refractivity contribution in [1.29, 1.82) is 0 Å². The zero-order valence-corrected chi connectivity index (χ0v) is 21.9. The van der Waals surface area contributed by atoms with Gasteiger partial charge in [0.25, 0.3) is 0 Å². The monoisotopic (exact) mass is 509 g/mol. The van der Waals surface area contributed by atoms with E-state index < -0.39 is 0 Å². The second-order valence-electron chi connectivity index (χ2n) is 10.9. The first kappa shape index (κ1) is 24.9. The Balaban J connectivity index is 1.10. The van der Waals surface area contributed by atoms with Crippen LogP contribution >= 0.6 is 0 Å². The SMILES string of the molecule is O=C(CCc1ccccc1)N1CCc2ccccc2C1CCN1CCC(c2c[nH]c3ccc(F)cc23)CC1. The highest BCUT2D eigenvalue weighted by molar-refractivity contribution is 5.83. The van der Waals surface area contributed by atoms with E-state index in [0.29, 0.717) is 12.3 Å². The molecule has 4 aromatic rings. The molecule has 2 aliphatic rings. The van der Waals surface area contributed by atoms with Crippen LogP contribution < -0.4 is 0 Å². The number of rotatable bonds is 7. The lowest BCUT2D eigenvalue weighted by molar-refractivity contribution is -0.134. The molecular formula is C33H36FN3O. The van der Waals surface area contributed by atoms with E-state index in [1.165, 1.54) is 28.3 Å². The maximum absolute atomic E-state index is 13.9. The number of aryl methyl sites for hydroxylation is 1. The molecule has 0 bridgehead atoms. The van der Waals surface area contributed by atoms with Crippen LogP contribution in [-0.4, -0.2) is 46.9 Å². The van der Waals surface area contributed by atoms with Crippen molar-refractivity contribution in [1.82, 2.24) is 14.8 Å². The Morgan fingerprint density at radius 2 is 1.71 bits per heavy atom. The summed E-state index contributed by atoms with van der Waals surface area (Å²) >= 11 is 0. The standard InChI is InChI=1S/C33H36FN3O/c34-27-11-12-31-29(22-27)30(23-35-31)26-14-18-36(19-15-26)20-17-32-28-9-5-4-8-25(28)16-21-37(32)33(38)13-10-24-6-2-1-3-7-24/h1-9,11-12,22-23,26,32,35H,10,13-21H2. The average Bonchev–Trinajstić information content (AvgIpc) is 3.38. The number of amides is 1. The fraction of sp³-hybridized carbons (Fsp3) is 0.364. The highest BCUT2D eigenvalue weighted by Crippen LogP contribution is 2.36. The Morgan fingerprint density at radius 1 is 0.921 bits per heavy atom. The molecule has 2 aliphatic heterocycles. The number of halogens is 1. The summed E-state index contributed by atoms with van der Waals surface area (Å²) in [6.07, 6.45) is 7.45. The van der Waals surface area contributed by atoms with Gasteiger partial charge in [-0.3, -0.25) is 4.79 Å². The third-order valence-corrected chi connectivity index (χ3v) is 8.63. The zero-order valence-electron chi connectivity index (χ0n) is 21.9. The van der Waals surface area contributed by atoms with E-state index in [4.69, 9.17) is 0 Å². The molecule has 0 spiro atoms. The number of benzene rings is 3. The van der Waals surface area contributed by atoms with Gasteiger partial charge in [-0.2, -0.15) is 0 Å². The molecule has 1 amide bonds. The van der Waals surface area contributed by atoms with Crippen molar-refractivity contribution in [2.75, 3.05) is 26.2 Å². The molecule has 1 N–H and O–H groups in total. The summed E-state index contributed by atoms with van der Waals surface area (Å²) in [5.74, 6) is 0.540. The lowest BCUT2D eigenvalue weighted by atomic mass is 9.88. The summed E-state index contributed by atoms with van der Waals surface area (Å²) in [6.45, 7) is 3.84. The van der Waals surface area contributed by atoms with Gasteiger partial charge >= 0.3 is 0 Å². The minimum atomic E-state index is -0.175. The quantitative estimate of drug-likeness (QED) is 0.304. The normalized spacial score (nSPS) is 18.6. The van der Waals surface area contributed by atoms with Gasteiger partial charge in [-0.15, -0.1) is 0 Å². The van der Waals surface area contributed by atoms with Gasteiger partial charge in [-0.05, 0) is 91.6 Å². The highest BCUT2D eigenvalue weighted by Gasteiger charge is 2.31. The molecule has 0 radical (unpaired) electrons. The van der Waals surface area contributed by atoms with Gasteiger partial charge in [-0.25, -0.2) is 4.39 Å². The van der Waals surface area contributed by atoms with Crippen LogP contribution in [0, 0.1) is 5.82 Å². The van der Waals surface area contributed by atoms with E-state index in [2.05, 4.69) is 57.4 Å². The number of carbonyl (C=O) groups excluding carboxylic acids is 1. The van der Waals surface area contributed by atoms with Crippen LogP contribution in [0.5, 0.6) is 0 Å². The van der Waals surface area contributed by atoms with E-state index in [0.717, 1.165) is 69.2 Å². The Bertz CT molecular complexity index is 1390. The smallest absolute Gasteiger partial charge is 0.223 e. The Hall–Kier alpha value is -3.44. The Kier molecular flexibility index (Phi) is 7.28. The molecule has 1 aromatic heterocycles. The molecule has 38 heavy (non-hydrogen) atoms. The van der Waals surface area contributed by atoms with Gasteiger partial charge in [0, 0.05) is 36.6 Å². The molecule has 196 valence electrons. The minimum absolute atomic E-state index is 0.137. The lowest BCUT2D eigenvalue weighted by Gasteiger charge is -2.39. The maximum Gasteiger partial charge on any atom is 0.223 e. The van der Waals surface area contributed by atoms with Gasteiger partial charge < -0.3 is 14.8 Å². The van der Waals surface area contributed by atoms with Crippen molar-refractivity contribution in [2.45, 2.75) is 50.5 Å². The van der Waals surface area contributed by atoms with E-state index >= 15 is 0 Å². The fourth-order valence-electron chi connectivity index (χ4n) is 6.53. The molecule has 3 heterocycles. The van der Waals surface area contributed by atoms with E-state index in [-0.39, 0.29) is 17.8 Å². The van der Waals surface area contributed by atoms with Crippen LogP contribution in [0.4, 0.5) is 4.39 Å². The van der Waals surface area contributed by atoms with Gasteiger partial charge in [0.15, 0.2) is 0 Å². The number of aromatic amines is 1. The molecule has 6 rings (SSSR count). The molecule has 1 fully saturated rings. The van der Waals surface area contributed by atoms with E-state index in [9.17, 15) is 9.18 Å². The molecule has 0 aliphatic carbocycles. The van der Waals surface area contributed by atoms with Gasteiger partial charge in [0.2, 0.25) is 5.91 Å². The van der Waals surface area contributed by atoms with Crippen LogP contribution in [0.15, 0.2) is 79.0 Å². The first-order valence-corrected chi connectivity index (χ1v) is 14.1. The van der Waals surface area contributed by atoms with Crippen molar-refractivity contribution in [2.24, 2.45) is 0 Å². The van der Waals surface area contributed by atoms with Crippen LogP contribution in [0.2, 0.25) is 0 Å². The number of likely N-dealkylation sites (tertiary alicyclic amines) is 1. The van der Waals surface area contributed by atoms with Crippen LogP contribution in [0.25, 0.3) is 10.9 Å². The van der Waals surface area contributed by atoms with Crippen LogP contribution in [0.3, 0.4) is 0 Å². The van der Waals surface area contributed by atoms with E-state index in [1.54, 1.807) is 6.07 Å². The Labute approximate surface area is 224 Å². The summed E-state index contributed by atoms with van der Waals surface area (Å²) in [5.41, 5.74) is 6.18. The topological polar surface area (TPSA) is 39.3 Å². The second kappa shape index (κ2) is 11.1. The third kappa shape index (κ3) is 5.25. The first-order valence-electron chi connectivity index (χ1n) is 14.1. The number of H-pyrrole nitrogens is 1. The molecule has 1 atom stereocenters. The molecule has 0 saturated carbocycles. The molecule has 5 heteroatoms. The molecule has 3 aromatic carbocycles. The van der Waals surface area contributed by atoms with Crippen LogP contribution in [-0.2, 0) is 17.6 Å². The second-order valence-corrected chi connectivity index (χ2v) is 10.9. The predicted molar refractivity (Wildman–Crippen MR) is 151 cm³/mol. The number of carbonyl (C=O) groups is 1. The third-order valence-electron chi connectivity index (χ3n) is 8.63. The van der Waals surface area contributed by atoms with Gasteiger partial charge in [-0.1, -0.05) is 54.6 Å². The average molecular weight is 510 g/mol. The maximum atomic E-state index is 13.9. The summed E-state index contributed by atoms with van der Waals surface area (Å²) < 4.78 is 13.9. The zero-order chi connectivity index (χ0) is 25.9. The Morgan fingerprint density at radius 3 is 2.55 bits per heavy atom. The predicted octanol–water partition coefficient (Wildman–Crippen LogP) is 6.64. The summed E-state index contributed by atoms with van der Waals surface area (Å²) in [7, 11) is 0. The number of piperidine rings is 1. The number of fused-ring (bicyclic) bond motifs is 2. The summed E-state index contributed by atoms with van der Waals surface area (Å²) in [4.78, 5) is 21.5. The van der Waals surface area contributed by atoms with Crippen LogP contribution in [0.1, 0.15) is 59.9 Å². The molecule has 1 unspecified atom stereocenters. The highest BCUT2D eigenvalue weighted by atomic mass is 19.1. The van der Waals surface area contributed by atoms with Crippen molar-refractivity contribution in [3.8, 4) is 0 Å². The summed E-state index contributed by atoms with van der Waals surface area (Å²) in [5, 5.41) is 1.02. The minimum Gasteiger partial charge on any atom is -0.361 e. The molecule has 1 saturated heterocycles. The number of nitrogens with zero attached hydrogens (tertiary/aromatic N) is 2.